The number of imide groups is 1. The van der Waals surface area contributed by atoms with Gasteiger partial charge in [-0.1, -0.05) is 39.8 Å². The number of aliphatic hydroxyl groups excluding tert-OH is 1. The number of aromatic amines is 1. The van der Waals surface area contributed by atoms with E-state index in [-0.39, 0.29) is 49.2 Å². The number of aryl methyl sites for hydroxylation is 1. The Kier molecular flexibility index (Phi) is 16.1. The van der Waals surface area contributed by atoms with Crippen molar-refractivity contribution in [2.24, 2.45) is 5.92 Å². The lowest BCUT2D eigenvalue weighted by Crippen LogP contribution is -2.50. The van der Waals surface area contributed by atoms with E-state index in [9.17, 15) is 33.5 Å². The number of nitrogens with zero attached hydrogens (tertiary/aromatic N) is 2. The van der Waals surface area contributed by atoms with Crippen molar-refractivity contribution in [3.05, 3.63) is 81.9 Å². The molecule has 0 aliphatic carbocycles. The number of hydrogen-bond donors (Lipinski definition) is 5. The standard InChI is InChI=1S/C42H55FN6O8/c1-8-48(9-2)20-19-44-39(52)38-26(5)34(46-27(38)6)23-32-31-22-29(43)12-15-35(31)49(40(32)53)41(54)33(18-21-57-42(55)25(3)4)47-37(51)17-16-36(50)45-24-28-10-13-30(56-7)14-11-28/h10-15,22-23,25,33,39,44,46,52H,8-9,16-21,24H2,1-7H3,(H,45,50)(H,47,51)/b32-23-/t33-,39?/m0/s1. The summed E-state index contributed by atoms with van der Waals surface area (Å²) in [6.07, 6.45) is -0.108. The molecule has 0 saturated carbocycles. The minimum atomic E-state index is -1.35. The predicted molar refractivity (Wildman–Crippen MR) is 214 cm³/mol. The second kappa shape index (κ2) is 20.7. The lowest BCUT2D eigenvalue weighted by atomic mass is 10.0. The van der Waals surface area contributed by atoms with E-state index < -0.39 is 53.6 Å². The third-order valence-electron chi connectivity index (χ3n) is 9.88. The topological polar surface area (TPSA) is 182 Å². The number of esters is 1. The monoisotopic (exact) mass is 790 g/mol. The third-order valence-corrected chi connectivity index (χ3v) is 9.88. The zero-order chi connectivity index (χ0) is 41.8. The lowest BCUT2D eigenvalue weighted by molar-refractivity contribution is -0.148. The molecule has 1 aromatic heterocycles. The van der Waals surface area contributed by atoms with Crippen LogP contribution in [0.4, 0.5) is 10.1 Å². The highest BCUT2D eigenvalue weighted by molar-refractivity contribution is 6.42. The van der Waals surface area contributed by atoms with Crippen LogP contribution >= 0.6 is 0 Å². The van der Waals surface area contributed by atoms with E-state index in [0.29, 0.717) is 34.8 Å². The number of hydrogen-bond acceptors (Lipinski definition) is 10. The summed E-state index contributed by atoms with van der Waals surface area (Å²) in [4.78, 5) is 72.8. The summed E-state index contributed by atoms with van der Waals surface area (Å²) < 4.78 is 25.2. The van der Waals surface area contributed by atoms with Crippen LogP contribution in [0.2, 0.25) is 0 Å². The number of methoxy groups -OCH3 is 1. The molecule has 0 bridgehead atoms. The first kappa shape index (κ1) is 44.3. The molecule has 1 aliphatic rings. The molecule has 0 fully saturated rings. The molecule has 57 heavy (non-hydrogen) atoms. The fourth-order valence-corrected chi connectivity index (χ4v) is 6.50. The normalized spacial score (nSPS) is 14.2. The van der Waals surface area contributed by atoms with Crippen LogP contribution in [-0.2, 0) is 35.3 Å². The number of aliphatic hydroxyl groups is 1. The summed E-state index contributed by atoms with van der Waals surface area (Å²) in [5, 5.41) is 19.6. The number of aromatic nitrogens is 1. The fraction of sp³-hybridized carbons (Fsp3) is 0.452. The summed E-state index contributed by atoms with van der Waals surface area (Å²) in [5.41, 5.74) is 3.51. The van der Waals surface area contributed by atoms with E-state index in [1.54, 1.807) is 59.1 Å². The molecule has 15 heteroatoms. The van der Waals surface area contributed by atoms with Gasteiger partial charge in [0.15, 0.2) is 0 Å². The van der Waals surface area contributed by atoms with Crippen molar-refractivity contribution in [3.8, 4) is 5.75 Å². The molecule has 1 unspecified atom stereocenters. The first-order chi connectivity index (χ1) is 27.2. The van der Waals surface area contributed by atoms with Crippen molar-refractivity contribution in [2.75, 3.05) is 44.8 Å². The maximum Gasteiger partial charge on any atom is 0.308 e. The highest BCUT2D eigenvalue weighted by Crippen LogP contribution is 2.39. The van der Waals surface area contributed by atoms with Crippen LogP contribution in [-0.4, -0.2) is 90.5 Å². The minimum absolute atomic E-state index is 0.0163. The van der Waals surface area contributed by atoms with Gasteiger partial charge >= 0.3 is 5.97 Å². The molecule has 14 nitrogen and oxygen atoms in total. The van der Waals surface area contributed by atoms with Crippen molar-refractivity contribution in [2.45, 2.75) is 79.6 Å². The van der Waals surface area contributed by atoms with Crippen molar-refractivity contribution in [1.29, 1.82) is 0 Å². The van der Waals surface area contributed by atoms with Gasteiger partial charge in [-0.25, -0.2) is 9.29 Å². The van der Waals surface area contributed by atoms with Crippen LogP contribution in [0.1, 0.15) is 86.8 Å². The molecule has 2 atom stereocenters. The SMILES string of the molecule is CCN(CC)CCNC(O)c1c(C)[nH]c(/C=C2\C(=O)N(C(=O)[C@H](CCOC(=O)C(C)C)NC(=O)CCC(=O)NCc3ccc(OC)cc3)c3ccc(F)cc32)c1C. The van der Waals surface area contributed by atoms with Gasteiger partial charge < -0.3 is 35.1 Å². The van der Waals surface area contributed by atoms with Gasteiger partial charge in [-0.15, -0.1) is 0 Å². The molecule has 0 spiro atoms. The number of ether oxygens (including phenoxy) is 2. The Morgan fingerprint density at radius 3 is 2.35 bits per heavy atom. The average molecular weight is 791 g/mol. The van der Waals surface area contributed by atoms with Crippen LogP contribution in [0, 0.1) is 25.6 Å². The Bertz CT molecular complexity index is 1940. The van der Waals surface area contributed by atoms with Gasteiger partial charge in [-0.05, 0) is 74.5 Å². The molecule has 0 saturated heterocycles. The Hall–Kier alpha value is -5.38. The van der Waals surface area contributed by atoms with Crippen molar-refractivity contribution < 1.29 is 42.9 Å². The molecule has 1 aliphatic heterocycles. The number of benzene rings is 2. The first-order valence-electron chi connectivity index (χ1n) is 19.3. The van der Waals surface area contributed by atoms with Crippen molar-refractivity contribution in [3.63, 3.8) is 0 Å². The predicted octanol–water partition coefficient (Wildman–Crippen LogP) is 4.29. The number of amides is 4. The number of carbonyl (C=O) groups is 5. The number of halogens is 1. The molecular weight excluding hydrogens is 735 g/mol. The molecule has 0 radical (unpaired) electrons. The molecule has 2 heterocycles. The lowest BCUT2D eigenvalue weighted by Gasteiger charge is -2.24. The maximum atomic E-state index is 14.7. The van der Waals surface area contributed by atoms with Crippen LogP contribution in [0.5, 0.6) is 5.75 Å². The fourth-order valence-electron chi connectivity index (χ4n) is 6.50. The summed E-state index contributed by atoms with van der Waals surface area (Å²) in [6.45, 7) is 14.1. The number of rotatable bonds is 20. The Morgan fingerprint density at radius 1 is 1.02 bits per heavy atom. The summed E-state index contributed by atoms with van der Waals surface area (Å²) in [5.74, 6) is -3.53. The zero-order valence-corrected chi connectivity index (χ0v) is 33.8. The van der Waals surface area contributed by atoms with E-state index >= 15 is 0 Å². The Balaban J connectivity index is 1.54. The number of nitrogens with one attached hydrogen (secondary N) is 4. The molecule has 4 rings (SSSR count). The maximum absolute atomic E-state index is 14.7. The zero-order valence-electron chi connectivity index (χ0n) is 33.8. The van der Waals surface area contributed by atoms with Gasteiger partial charge in [0, 0.05) is 61.4 Å². The summed E-state index contributed by atoms with van der Waals surface area (Å²) in [6, 6.07) is 9.38. The molecule has 5 N–H and O–H groups in total. The third kappa shape index (κ3) is 11.6. The highest BCUT2D eigenvalue weighted by Gasteiger charge is 2.40. The van der Waals surface area contributed by atoms with E-state index in [4.69, 9.17) is 9.47 Å². The Labute approximate surface area is 333 Å². The molecule has 4 amide bonds. The number of likely N-dealkylation sites (N-methyl/N-ethyl adjacent to an activating group) is 1. The van der Waals surface area contributed by atoms with Gasteiger partial charge in [-0.2, -0.15) is 0 Å². The summed E-state index contributed by atoms with van der Waals surface area (Å²) in [7, 11) is 1.55. The van der Waals surface area contributed by atoms with E-state index in [1.165, 1.54) is 12.1 Å². The van der Waals surface area contributed by atoms with Crippen molar-refractivity contribution in [1.82, 2.24) is 25.8 Å². The molecule has 2 aromatic carbocycles. The largest absolute Gasteiger partial charge is 0.497 e. The number of H-pyrrole nitrogens is 1. The smallest absolute Gasteiger partial charge is 0.308 e. The average Bonchev–Trinajstić information content (AvgIpc) is 3.63. The number of anilines is 1. The van der Waals surface area contributed by atoms with Crippen LogP contribution in [0.15, 0.2) is 42.5 Å². The van der Waals surface area contributed by atoms with E-state index in [1.807, 2.05) is 0 Å². The van der Waals surface area contributed by atoms with Gasteiger partial charge in [0.1, 0.15) is 23.8 Å². The quantitative estimate of drug-likeness (QED) is 0.0630. The second-order valence-corrected chi connectivity index (χ2v) is 14.1. The van der Waals surface area contributed by atoms with Crippen LogP contribution < -0.4 is 25.6 Å². The molecular formula is C42H55FN6O8. The van der Waals surface area contributed by atoms with Crippen LogP contribution in [0.3, 0.4) is 0 Å². The second-order valence-electron chi connectivity index (χ2n) is 14.1. The van der Waals surface area contributed by atoms with Gasteiger partial charge in [0.05, 0.1) is 30.9 Å². The van der Waals surface area contributed by atoms with Crippen molar-refractivity contribution >= 4 is 46.9 Å². The number of carbonyl (C=O) groups excluding carboxylic acids is 5. The Morgan fingerprint density at radius 2 is 1.70 bits per heavy atom. The number of fused-ring (bicyclic) bond motifs is 1. The minimum Gasteiger partial charge on any atom is -0.497 e. The highest BCUT2D eigenvalue weighted by atomic mass is 19.1. The van der Waals surface area contributed by atoms with Gasteiger partial charge in [-0.3, -0.25) is 29.3 Å². The first-order valence-corrected chi connectivity index (χ1v) is 19.3. The molecule has 3 aromatic rings. The molecule has 308 valence electrons. The van der Waals surface area contributed by atoms with Crippen LogP contribution in [0.25, 0.3) is 11.6 Å². The summed E-state index contributed by atoms with van der Waals surface area (Å²) >= 11 is 0. The van der Waals surface area contributed by atoms with E-state index in [2.05, 4.69) is 39.7 Å². The van der Waals surface area contributed by atoms with Gasteiger partial charge in [0.2, 0.25) is 11.8 Å². The van der Waals surface area contributed by atoms with Gasteiger partial charge in [0.25, 0.3) is 11.8 Å². The van der Waals surface area contributed by atoms with E-state index in [0.717, 1.165) is 42.2 Å².